The van der Waals surface area contributed by atoms with Crippen LogP contribution in [0.15, 0.2) is 91.1 Å². The molecule has 0 radical (unpaired) electrons. The number of amides is 1. The highest BCUT2D eigenvalue weighted by molar-refractivity contribution is 5.94. The highest BCUT2D eigenvalue weighted by Gasteiger charge is 2.09. The Kier molecular flexibility index (Phi) is 16.1. The molecular formula is C30H39NO3. The van der Waals surface area contributed by atoms with Crippen molar-refractivity contribution >= 4 is 17.6 Å². The van der Waals surface area contributed by atoms with E-state index in [2.05, 4.69) is 79.1 Å². The smallest absolute Gasteiger partial charge is 0.336 e. The maximum absolute atomic E-state index is 12.0. The highest BCUT2D eigenvalue weighted by Crippen LogP contribution is 2.16. The molecule has 0 bridgehead atoms. The zero-order valence-corrected chi connectivity index (χ0v) is 20.6. The van der Waals surface area contributed by atoms with Gasteiger partial charge in [-0.15, -0.1) is 0 Å². The molecule has 0 saturated carbocycles. The molecule has 0 fully saturated rings. The fourth-order valence-corrected chi connectivity index (χ4v) is 3.01. The molecule has 0 spiro atoms. The Morgan fingerprint density at radius 2 is 1.24 bits per heavy atom. The van der Waals surface area contributed by atoms with Crippen molar-refractivity contribution in [2.75, 3.05) is 5.32 Å². The van der Waals surface area contributed by atoms with Crippen molar-refractivity contribution in [2.24, 2.45) is 0 Å². The molecule has 0 heterocycles. The Balaban J connectivity index is 2.11. The molecule has 1 aromatic carbocycles. The van der Waals surface area contributed by atoms with Crippen molar-refractivity contribution in [3.05, 3.63) is 102 Å². The minimum atomic E-state index is -0.994. The van der Waals surface area contributed by atoms with Gasteiger partial charge in [-0.3, -0.25) is 4.79 Å². The van der Waals surface area contributed by atoms with Gasteiger partial charge in [-0.05, 0) is 69.6 Å². The fourth-order valence-electron chi connectivity index (χ4n) is 3.01. The van der Waals surface area contributed by atoms with Crippen LogP contribution in [0, 0.1) is 6.92 Å². The topological polar surface area (TPSA) is 66.4 Å². The first-order valence-electron chi connectivity index (χ1n) is 12.1. The lowest BCUT2D eigenvalue weighted by Crippen LogP contribution is -2.11. The van der Waals surface area contributed by atoms with Gasteiger partial charge in [-0.25, -0.2) is 4.79 Å². The van der Waals surface area contributed by atoms with Crippen molar-refractivity contribution in [1.29, 1.82) is 0 Å². The van der Waals surface area contributed by atoms with Gasteiger partial charge < -0.3 is 10.4 Å². The first-order chi connectivity index (χ1) is 16.5. The molecule has 0 aromatic heterocycles. The van der Waals surface area contributed by atoms with E-state index in [4.69, 9.17) is 5.11 Å². The molecule has 0 aliphatic rings. The van der Waals surface area contributed by atoms with Crippen molar-refractivity contribution in [2.45, 2.75) is 65.2 Å². The summed E-state index contributed by atoms with van der Waals surface area (Å²) in [5.41, 5.74) is 1.38. The molecule has 1 rings (SSSR count). The molecule has 0 atom stereocenters. The van der Waals surface area contributed by atoms with E-state index in [9.17, 15) is 9.59 Å². The number of carboxylic acids is 1. The predicted molar refractivity (Wildman–Crippen MR) is 144 cm³/mol. The number of carboxylic acid groups (broad SMARTS) is 1. The summed E-state index contributed by atoms with van der Waals surface area (Å²) in [6, 6.07) is 4.91. The largest absolute Gasteiger partial charge is 0.478 e. The lowest BCUT2D eigenvalue weighted by molar-refractivity contribution is -0.116. The minimum Gasteiger partial charge on any atom is -0.478 e. The van der Waals surface area contributed by atoms with Crippen LogP contribution < -0.4 is 5.32 Å². The number of rotatable bonds is 16. The fraction of sp³-hybridized carbons (Fsp3) is 0.333. The van der Waals surface area contributed by atoms with Crippen LogP contribution in [0.25, 0.3) is 0 Å². The monoisotopic (exact) mass is 461 g/mol. The van der Waals surface area contributed by atoms with Gasteiger partial charge in [-0.2, -0.15) is 0 Å². The first-order valence-corrected chi connectivity index (χ1v) is 12.1. The molecular weight excluding hydrogens is 422 g/mol. The van der Waals surface area contributed by atoms with Gasteiger partial charge >= 0.3 is 5.97 Å². The molecule has 0 aliphatic heterocycles. The molecule has 0 aliphatic carbocycles. The van der Waals surface area contributed by atoms with Crippen molar-refractivity contribution < 1.29 is 14.7 Å². The lowest BCUT2D eigenvalue weighted by Gasteiger charge is -2.07. The first kappa shape index (κ1) is 28.6. The van der Waals surface area contributed by atoms with E-state index in [1.165, 1.54) is 6.07 Å². The zero-order chi connectivity index (χ0) is 24.9. The summed E-state index contributed by atoms with van der Waals surface area (Å²) in [6.45, 7) is 3.88. The number of benzene rings is 1. The van der Waals surface area contributed by atoms with Crippen molar-refractivity contribution in [3.8, 4) is 0 Å². The number of aromatic carboxylic acids is 1. The molecule has 0 unspecified atom stereocenters. The maximum atomic E-state index is 12.0. The van der Waals surface area contributed by atoms with Crippen LogP contribution in [0.2, 0.25) is 0 Å². The second-order valence-electron chi connectivity index (χ2n) is 7.84. The van der Waals surface area contributed by atoms with Gasteiger partial charge in [-0.1, -0.05) is 85.9 Å². The van der Waals surface area contributed by atoms with Crippen LogP contribution in [-0.4, -0.2) is 17.0 Å². The van der Waals surface area contributed by atoms with Gasteiger partial charge in [0.05, 0.1) is 5.56 Å². The van der Waals surface area contributed by atoms with Gasteiger partial charge in [0, 0.05) is 12.1 Å². The van der Waals surface area contributed by atoms with E-state index in [-0.39, 0.29) is 11.5 Å². The summed E-state index contributed by atoms with van der Waals surface area (Å²) in [6.07, 6.45) is 32.6. The SMILES string of the molecule is CC/C=C\C/C=C\C/C=C\C/C=C\C/C=C\C/C=C\CCC(=O)Nc1ccc(C)c(C(=O)O)c1. The number of nitrogens with one attached hydrogen (secondary N) is 1. The van der Waals surface area contributed by atoms with E-state index >= 15 is 0 Å². The summed E-state index contributed by atoms with van der Waals surface area (Å²) < 4.78 is 0. The number of hydrogen-bond donors (Lipinski definition) is 2. The molecule has 4 heteroatoms. The van der Waals surface area contributed by atoms with Crippen LogP contribution in [0.5, 0.6) is 0 Å². The average molecular weight is 462 g/mol. The van der Waals surface area contributed by atoms with Crippen molar-refractivity contribution in [1.82, 2.24) is 0 Å². The Bertz CT molecular complexity index is 917. The Labute approximate surface area is 205 Å². The number of allylic oxidation sites excluding steroid dienone is 12. The van der Waals surface area contributed by atoms with E-state index in [0.717, 1.165) is 38.5 Å². The Morgan fingerprint density at radius 1 is 0.765 bits per heavy atom. The Morgan fingerprint density at radius 3 is 1.71 bits per heavy atom. The van der Waals surface area contributed by atoms with Crippen LogP contribution in [0.3, 0.4) is 0 Å². The van der Waals surface area contributed by atoms with Crippen LogP contribution in [-0.2, 0) is 4.79 Å². The Hall–Kier alpha value is -3.40. The molecule has 0 saturated heterocycles. The predicted octanol–water partition coefficient (Wildman–Crippen LogP) is 8.11. The third-order valence-electron chi connectivity index (χ3n) is 4.89. The quantitative estimate of drug-likeness (QED) is 0.244. The average Bonchev–Trinajstić information content (AvgIpc) is 2.81. The van der Waals surface area contributed by atoms with Gasteiger partial charge in [0.1, 0.15) is 0 Å². The van der Waals surface area contributed by atoms with Crippen LogP contribution >= 0.6 is 0 Å². The summed E-state index contributed by atoms with van der Waals surface area (Å²) in [5.74, 6) is -1.12. The maximum Gasteiger partial charge on any atom is 0.336 e. The highest BCUT2D eigenvalue weighted by atomic mass is 16.4. The van der Waals surface area contributed by atoms with E-state index < -0.39 is 5.97 Å². The minimum absolute atomic E-state index is 0.125. The van der Waals surface area contributed by atoms with Gasteiger partial charge in [0.25, 0.3) is 0 Å². The number of anilines is 1. The molecule has 34 heavy (non-hydrogen) atoms. The molecule has 1 amide bonds. The van der Waals surface area contributed by atoms with E-state index in [0.29, 0.717) is 24.1 Å². The number of carbonyl (C=O) groups excluding carboxylic acids is 1. The summed E-state index contributed by atoms with van der Waals surface area (Å²) in [5, 5.41) is 11.9. The second kappa shape index (κ2) is 19.1. The zero-order valence-electron chi connectivity index (χ0n) is 20.6. The van der Waals surface area contributed by atoms with Crippen molar-refractivity contribution in [3.63, 3.8) is 0 Å². The third kappa shape index (κ3) is 14.6. The van der Waals surface area contributed by atoms with E-state index in [1.807, 2.05) is 6.08 Å². The standard InChI is InChI=1S/C30H39NO3/c1-3-4-5-6-7-8-9-10-11-12-13-14-15-16-17-18-19-20-21-22-29(32)31-27-24-23-26(2)28(25-27)30(33)34/h4-5,7-8,10-11,13-14,16-17,19-20,23-25H,3,6,9,12,15,18,21-22H2,1-2H3,(H,31,32)(H,33,34)/b5-4-,8-7-,11-10-,14-13-,17-16-,20-19-. The summed E-state index contributed by atoms with van der Waals surface area (Å²) >= 11 is 0. The normalized spacial score (nSPS) is 12.4. The number of aryl methyl sites for hydroxylation is 1. The van der Waals surface area contributed by atoms with Crippen LogP contribution in [0.4, 0.5) is 5.69 Å². The number of hydrogen-bond acceptors (Lipinski definition) is 2. The molecule has 182 valence electrons. The number of carbonyl (C=O) groups is 2. The second-order valence-corrected chi connectivity index (χ2v) is 7.84. The summed E-state index contributed by atoms with van der Waals surface area (Å²) in [4.78, 5) is 23.2. The molecule has 4 nitrogen and oxygen atoms in total. The molecule has 2 N–H and O–H groups in total. The summed E-state index contributed by atoms with van der Waals surface area (Å²) in [7, 11) is 0. The lowest BCUT2D eigenvalue weighted by atomic mass is 10.1. The van der Waals surface area contributed by atoms with Gasteiger partial charge in [0.2, 0.25) is 5.91 Å². The third-order valence-corrected chi connectivity index (χ3v) is 4.89. The van der Waals surface area contributed by atoms with Crippen LogP contribution in [0.1, 0.15) is 74.2 Å². The molecule has 1 aromatic rings. The van der Waals surface area contributed by atoms with E-state index in [1.54, 1.807) is 19.1 Å². The van der Waals surface area contributed by atoms with Gasteiger partial charge in [0.15, 0.2) is 0 Å².